The first kappa shape index (κ1) is 18.4. The van der Waals surface area contributed by atoms with E-state index in [1.165, 1.54) is 0 Å². The number of rotatable bonds is 6. The predicted molar refractivity (Wildman–Crippen MR) is 108 cm³/mol. The summed E-state index contributed by atoms with van der Waals surface area (Å²) in [5.41, 5.74) is 6.74. The molecule has 0 unspecified atom stereocenters. The van der Waals surface area contributed by atoms with Crippen LogP contribution in [0, 0.1) is 13.8 Å². The standard InChI is InChI=1S/C21H22N4O2/c1-14-15(2)23-21(17-8-6-5-7-9-17)24-20(14)25-22-13-16-10-11-18(26-3)19(12-16)27-4/h5-13H,1-4H3,(H,23,24,25)/b22-13+. The van der Waals surface area contributed by atoms with Crippen LogP contribution in [0.15, 0.2) is 53.6 Å². The van der Waals surface area contributed by atoms with Gasteiger partial charge in [0.05, 0.1) is 20.4 Å². The first-order valence-corrected chi connectivity index (χ1v) is 8.54. The van der Waals surface area contributed by atoms with E-state index in [0.29, 0.717) is 23.1 Å². The smallest absolute Gasteiger partial charge is 0.161 e. The van der Waals surface area contributed by atoms with Crippen molar-refractivity contribution in [1.29, 1.82) is 0 Å². The minimum absolute atomic E-state index is 0.655. The molecule has 1 heterocycles. The summed E-state index contributed by atoms with van der Waals surface area (Å²) in [5, 5.41) is 4.32. The maximum absolute atomic E-state index is 5.31. The van der Waals surface area contributed by atoms with Crippen molar-refractivity contribution in [3.05, 3.63) is 65.4 Å². The van der Waals surface area contributed by atoms with Crippen molar-refractivity contribution in [2.45, 2.75) is 13.8 Å². The normalized spacial score (nSPS) is 10.8. The molecular weight excluding hydrogens is 340 g/mol. The molecule has 0 aliphatic carbocycles. The Labute approximate surface area is 158 Å². The van der Waals surface area contributed by atoms with E-state index in [1.54, 1.807) is 20.4 Å². The molecule has 6 nitrogen and oxygen atoms in total. The molecule has 3 rings (SSSR count). The first-order chi connectivity index (χ1) is 13.1. The van der Waals surface area contributed by atoms with Crippen LogP contribution in [-0.2, 0) is 0 Å². The lowest BCUT2D eigenvalue weighted by Gasteiger charge is -2.10. The lowest BCUT2D eigenvalue weighted by atomic mass is 10.2. The predicted octanol–water partition coefficient (Wildman–Crippen LogP) is 4.22. The molecule has 0 bridgehead atoms. The largest absolute Gasteiger partial charge is 0.493 e. The first-order valence-electron chi connectivity index (χ1n) is 8.54. The van der Waals surface area contributed by atoms with Gasteiger partial charge in [0.2, 0.25) is 0 Å². The number of hydrazone groups is 1. The monoisotopic (exact) mass is 362 g/mol. The Kier molecular flexibility index (Phi) is 5.66. The van der Waals surface area contributed by atoms with Crippen molar-refractivity contribution in [3.8, 4) is 22.9 Å². The van der Waals surface area contributed by atoms with Gasteiger partial charge in [-0.15, -0.1) is 0 Å². The number of ether oxygens (including phenoxy) is 2. The molecule has 6 heteroatoms. The van der Waals surface area contributed by atoms with Gasteiger partial charge < -0.3 is 9.47 Å². The molecule has 2 aromatic carbocycles. The van der Waals surface area contributed by atoms with E-state index in [1.807, 2.05) is 62.4 Å². The maximum atomic E-state index is 5.31. The van der Waals surface area contributed by atoms with E-state index >= 15 is 0 Å². The van der Waals surface area contributed by atoms with Gasteiger partial charge in [-0.3, -0.25) is 5.43 Å². The van der Waals surface area contributed by atoms with Crippen LogP contribution in [0.25, 0.3) is 11.4 Å². The average Bonchev–Trinajstić information content (AvgIpc) is 2.71. The Morgan fingerprint density at radius 1 is 0.926 bits per heavy atom. The van der Waals surface area contributed by atoms with Crippen LogP contribution >= 0.6 is 0 Å². The third kappa shape index (κ3) is 4.23. The van der Waals surface area contributed by atoms with E-state index < -0.39 is 0 Å². The fourth-order valence-corrected chi connectivity index (χ4v) is 2.56. The molecule has 0 saturated heterocycles. The SMILES string of the molecule is COc1ccc(/C=N/Nc2nc(-c3ccccc3)nc(C)c2C)cc1OC. The van der Waals surface area contributed by atoms with Crippen LogP contribution < -0.4 is 14.9 Å². The van der Waals surface area contributed by atoms with Crippen molar-refractivity contribution >= 4 is 12.0 Å². The number of benzene rings is 2. The molecule has 0 fully saturated rings. The Balaban J connectivity index is 1.83. The number of aryl methyl sites for hydroxylation is 1. The highest BCUT2D eigenvalue weighted by atomic mass is 16.5. The van der Waals surface area contributed by atoms with Crippen molar-refractivity contribution in [3.63, 3.8) is 0 Å². The zero-order chi connectivity index (χ0) is 19.2. The fourth-order valence-electron chi connectivity index (χ4n) is 2.56. The molecule has 0 spiro atoms. The van der Waals surface area contributed by atoms with Gasteiger partial charge in [-0.1, -0.05) is 30.3 Å². The van der Waals surface area contributed by atoms with Gasteiger partial charge in [0.1, 0.15) is 0 Å². The van der Waals surface area contributed by atoms with Crippen molar-refractivity contribution < 1.29 is 9.47 Å². The average molecular weight is 362 g/mol. The Hall–Kier alpha value is -3.41. The van der Waals surface area contributed by atoms with Crippen LogP contribution in [0.2, 0.25) is 0 Å². The molecule has 0 saturated carbocycles. The molecular formula is C21H22N4O2. The highest BCUT2D eigenvalue weighted by molar-refractivity contribution is 5.81. The molecule has 138 valence electrons. The van der Waals surface area contributed by atoms with E-state index in [9.17, 15) is 0 Å². The number of hydrogen-bond donors (Lipinski definition) is 1. The zero-order valence-electron chi connectivity index (χ0n) is 15.9. The van der Waals surface area contributed by atoms with Crippen LogP contribution in [0.1, 0.15) is 16.8 Å². The lowest BCUT2D eigenvalue weighted by Crippen LogP contribution is -2.03. The van der Waals surface area contributed by atoms with Crippen molar-refractivity contribution in [1.82, 2.24) is 9.97 Å². The van der Waals surface area contributed by atoms with Gasteiger partial charge in [0, 0.05) is 16.8 Å². The van der Waals surface area contributed by atoms with Crippen LogP contribution in [0.4, 0.5) is 5.82 Å². The Bertz CT molecular complexity index is 956. The number of hydrogen-bond acceptors (Lipinski definition) is 6. The molecule has 3 aromatic rings. The number of nitrogens with zero attached hydrogens (tertiary/aromatic N) is 3. The van der Waals surface area contributed by atoms with Crippen LogP contribution in [0.5, 0.6) is 11.5 Å². The lowest BCUT2D eigenvalue weighted by molar-refractivity contribution is 0.355. The highest BCUT2D eigenvalue weighted by Gasteiger charge is 2.09. The minimum atomic E-state index is 0.655. The molecule has 0 radical (unpaired) electrons. The van der Waals surface area contributed by atoms with Gasteiger partial charge in [-0.05, 0) is 37.6 Å². The van der Waals surface area contributed by atoms with Gasteiger partial charge in [-0.25, -0.2) is 9.97 Å². The summed E-state index contributed by atoms with van der Waals surface area (Å²) in [5.74, 6) is 2.68. The molecule has 0 aliphatic heterocycles. The van der Waals surface area contributed by atoms with Crippen LogP contribution in [0.3, 0.4) is 0 Å². The fraction of sp³-hybridized carbons (Fsp3) is 0.190. The Morgan fingerprint density at radius 2 is 1.67 bits per heavy atom. The topological polar surface area (TPSA) is 68.6 Å². The van der Waals surface area contributed by atoms with E-state index in [-0.39, 0.29) is 0 Å². The summed E-state index contributed by atoms with van der Waals surface area (Å²) < 4.78 is 10.6. The number of aromatic nitrogens is 2. The quantitative estimate of drug-likeness (QED) is 0.525. The second-order valence-electron chi connectivity index (χ2n) is 5.96. The van der Waals surface area contributed by atoms with E-state index in [4.69, 9.17) is 9.47 Å². The summed E-state index contributed by atoms with van der Waals surface area (Å²) in [4.78, 5) is 9.19. The number of methoxy groups -OCH3 is 2. The maximum Gasteiger partial charge on any atom is 0.161 e. The number of anilines is 1. The summed E-state index contributed by atoms with van der Waals surface area (Å²) in [6.45, 7) is 3.94. The van der Waals surface area contributed by atoms with Gasteiger partial charge in [0.25, 0.3) is 0 Å². The van der Waals surface area contributed by atoms with Crippen molar-refractivity contribution in [2.24, 2.45) is 5.10 Å². The van der Waals surface area contributed by atoms with Gasteiger partial charge in [0.15, 0.2) is 23.1 Å². The third-order valence-corrected chi connectivity index (χ3v) is 4.21. The number of nitrogens with one attached hydrogen (secondary N) is 1. The highest BCUT2D eigenvalue weighted by Crippen LogP contribution is 2.27. The molecule has 27 heavy (non-hydrogen) atoms. The summed E-state index contributed by atoms with van der Waals surface area (Å²) in [6.07, 6.45) is 1.71. The molecule has 1 N–H and O–H groups in total. The summed E-state index contributed by atoms with van der Waals surface area (Å²) in [7, 11) is 3.22. The Morgan fingerprint density at radius 3 is 2.37 bits per heavy atom. The minimum Gasteiger partial charge on any atom is -0.493 e. The second-order valence-corrected chi connectivity index (χ2v) is 5.96. The molecule has 1 aromatic heterocycles. The summed E-state index contributed by atoms with van der Waals surface area (Å²) in [6, 6.07) is 15.5. The van der Waals surface area contributed by atoms with E-state index in [2.05, 4.69) is 20.5 Å². The van der Waals surface area contributed by atoms with Crippen LogP contribution in [-0.4, -0.2) is 30.4 Å². The second kappa shape index (κ2) is 8.31. The molecule has 0 amide bonds. The third-order valence-electron chi connectivity index (χ3n) is 4.21. The van der Waals surface area contributed by atoms with Crippen molar-refractivity contribution in [2.75, 3.05) is 19.6 Å². The molecule has 0 aliphatic rings. The molecule has 0 atom stereocenters. The summed E-state index contributed by atoms with van der Waals surface area (Å²) >= 11 is 0. The van der Waals surface area contributed by atoms with E-state index in [0.717, 1.165) is 22.4 Å². The zero-order valence-corrected chi connectivity index (χ0v) is 15.9. The van der Waals surface area contributed by atoms with Gasteiger partial charge in [-0.2, -0.15) is 5.10 Å². The van der Waals surface area contributed by atoms with Gasteiger partial charge >= 0.3 is 0 Å².